The highest BCUT2D eigenvalue weighted by Crippen LogP contribution is 2.09. The van der Waals surface area contributed by atoms with E-state index in [0.29, 0.717) is 19.4 Å². The number of ketones is 1. The Morgan fingerprint density at radius 2 is 1.87 bits per heavy atom. The van der Waals surface area contributed by atoms with E-state index >= 15 is 0 Å². The zero-order valence-electron chi connectivity index (χ0n) is 13.5. The lowest BCUT2D eigenvalue weighted by atomic mass is 10.1. The molecule has 0 aliphatic heterocycles. The number of carbonyl (C=O) groups is 3. The van der Waals surface area contributed by atoms with E-state index in [0.717, 1.165) is 5.56 Å². The summed E-state index contributed by atoms with van der Waals surface area (Å²) in [5.41, 5.74) is 0.867. The minimum atomic E-state index is -0.836. The van der Waals surface area contributed by atoms with Gasteiger partial charge in [-0.1, -0.05) is 30.3 Å². The van der Waals surface area contributed by atoms with Crippen molar-refractivity contribution in [1.29, 1.82) is 0 Å². The van der Waals surface area contributed by atoms with Crippen LogP contribution in [0.1, 0.15) is 38.7 Å². The molecule has 0 radical (unpaired) electrons. The summed E-state index contributed by atoms with van der Waals surface area (Å²) in [5, 5.41) is 0. The van der Waals surface area contributed by atoms with Gasteiger partial charge in [-0.3, -0.25) is 9.59 Å². The summed E-state index contributed by atoms with van der Waals surface area (Å²) in [6.45, 7) is 3.43. The molecule has 1 unspecified atom stereocenters. The molecule has 0 heterocycles. The van der Waals surface area contributed by atoms with Crippen LogP contribution in [-0.2, 0) is 23.9 Å². The first-order valence-electron chi connectivity index (χ1n) is 7.62. The van der Waals surface area contributed by atoms with Crippen LogP contribution in [0, 0.1) is 0 Å². The maximum absolute atomic E-state index is 11.8. The molecule has 0 spiro atoms. The number of esters is 2. The fourth-order valence-corrected chi connectivity index (χ4v) is 1.92. The molecule has 0 aliphatic carbocycles. The largest absolute Gasteiger partial charge is 0.466 e. The van der Waals surface area contributed by atoms with E-state index in [2.05, 4.69) is 0 Å². The van der Waals surface area contributed by atoms with Gasteiger partial charge in [-0.2, -0.15) is 0 Å². The predicted octanol–water partition coefficient (Wildman–Crippen LogP) is 2.93. The van der Waals surface area contributed by atoms with Crippen LogP contribution in [0.2, 0.25) is 0 Å². The summed E-state index contributed by atoms with van der Waals surface area (Å²) >= 11 is 0. The van der Waals surface area contributed by atoms with Crippen molar-refractivity contribution >= 4 is 23.8 Å². The summed E-state index contributed by atoms with van der Waals surface area (Å²) in [5.74, 6) is -1.13. The number of hydrogen-bond acceptors (Lipinski definition) is 5. The topological polar surface area (TPSA) is 69.7 Å². The van der Waals surface area contributed by atoms with Crippen LogP contribution in [0.4, 0.5) is 0 Å². The van der Waals surface area contributed by atoms with Crippen molar-refractivity contribution in [2.24, 2.45) is 0 Å². The van der Waals surface area contributed by atoms with Gasteiger partial charge in [0.1, 0.15) is 0 Å². The van der Waals surface area contributed by atoms with Gasteiger partial charge in [0.15, 0.2) is 11.9 Å². The molecule has 0 saturated heterocycles. The Morgan fingerprint density at radius 1 is 1.17 bits per heavy atom. The van der Waals surface area contributed by atoms with Crippen molar-refractivity contribution in [2.75, 3.05) is 6.61 Å². The fourth-order valence-electron chi connectivity index (χ4n) is 1.92. The van der Waals surface area contributed by atoms with Crippen molar-refractivity contribution in [1.82, 2.24) is 0 Å². The minimum absolute atomic E-state index is 0.203. The van der Waals surface area contributed by atoms with Crippen molar-refractivity contribution in [3.8, 4) is 0 Å². The van der Waals surface area contributed by atoms with Crippen molar-refractivity contribution in [3.05, 3.63) is 42.0 Å². The Hall–Kier alpha value is -2.43. The SMILES string of the molecule is CCOC(=O)CCCC(OC(=O)/C=C/c1ccccc1)C(C)=O. The van der Waals surface area contributed by atoms with Crippen molar-refractivity contribution in [2.45, 2.75) is 39.2 Å². The zero-order chi connectivity index (χ0) is 17.1. The standard InChI is InChI=1S/C18H22O5/c1-3-22-17(20)11-7-10-16(14(2)19)23-18(21)13-12-15-8-5-4-6-9-15/h4-6,8-9,12-13,16H,3,7,10-11H2,1-2H3/b13-12+. The number of ether oxygens (including phenoxy) is 2. The number of carbonyl (C=O) groups excluding carboxylic acids is 3. The first kappa shape index (κ1) is 18.6. The molecule has 1 aromatic rings. The molecule has 1 atom stereocenters. The van der Waals surface area contributed by atoms with Gasteiger partial charge in [-0.25, -0.2) is 4.79 Å². The van der Waals surface area contributed by atoms with Gasteiger partial charge in [0.05, 0.1) is 6.61 Å². The van der Waals surface area contributed by atoms with Crippen molar-refractivity contribution in [3.63, 3.8) is 0 Å². The van der Waals surface area contributed by atoms with E-state index in [1.165, 1.54) is 13.0 Å². The third kappa shape index (κ3) is 7.95. The van der Waals surface area contributed by atoms with Gasteiger partial charge in [0.25, 0.3) is 0 Å². The van der Waals surface area contributed by atoms with E-state index < -0.39 is 12.1 Å². The van der Waals surface area contributed by atoms with Gasteiger partial charge in [0.2, 0.25) is 0 Å². The molecule has 5 nitrogen and oxygen atoms in total. The number of benzene rings is 1. The number of rotatable bonds is 9. The quantitative estimate of drug-likeness (QED) is 0.517. The maximum Gasteiger partial charge on any atom is 0.331 e. The molecule has 1 rings (SSSR count). The highest BCUT2D eigenvalue weighted by atomic mass is 16.5. The van der Waals surface area contributed by atoms with Crippen molar-refractivity contribution < 1.29 is 23.9 Å². The number of Topliss-reactive ketones (excluding diaryl/α,β-unsaturated/α-hetero) is 1. The monoisotopic (exact) mass is 318 g/mol. The van der Waals surface area contributed by atoms with Gasteiger partial charge in [0, 0.05) is 12.5 Å². The lowest BCUT2D eigenvalue weighted by Crippen LogP contribution is -2.24. The molecule has 0 fully saturated rings. The molecule has 124 valence electrons. The second-order valence-electron chi connectivity index (χ2n) is 4.98. The molecule has 5 heteroatoms. The first-order valence-corrected chi connectivity index (χ1v) is 7.62. The Labute approximate surface area is 136 Å². The van der Waals surface area contributed by atoms with Crippen LogP contribution in [0.25, 0.3) is 6.08 Å². The van der Waals surface area contributed by atoms with Crippen LogP contribution < -0.4 is 0 Å². The smallest absolute Gasteiger partial charge is 0.331 e. The summed E-state index contributed by atoms with van der Waals surface area (Å²) in [4.78, 5) is 34.6. The normalized spacial score (nSPS) is 11.9. The van der Waals surface area contributed by atoms with Crippen LogP contribution in [0.5, 0.6) is 0 Å². The average molecular weight is 318 g/mol. The molecule has 0 amide bonds. The lowest BCUT2D eigenvalue weighted by molar-refractivity contribution is -0.150. The number of hydrogen-bond donors (Lipinski definition) is 0. The molecular formula is C18H22O5. The Kier molecular flexibility index (Phi) is 8.36. The lowest BCUT2D eigenvalue weighted by Gasteiger charge is -2.13. The van der Waals surface area contributed by atoms with Gasteiger partial charge >= 0.3 is 11.9 Å². The molecular weight excluding hydrogens is 296 g/mol. The fraction of sp³-hybridized carbons (Fsp3) is 0.389. The molecule has 0 aliphatic rings. The molecule has 1 aromatic carbocycles. The Balaban J connectivity index is 2.45. The predicted molar refractivity (Wildman–Crippen MR) is 86.5 cm³/mol. The van der Waals surface area contributed by atoms with Crippen LogP contribution in [0.3, 0.4) is 0 Å². The van der Waals surface area contributed by atoms with Crippen LogP contribution in [0.15, 0.2) is 36.4 Å². The molecule has 23 heavy (non-hydrogen) atoms. The molecule has 0 aromatic heterocycles. The van der Waals surface area contributed by atoms with E-state index in [1.807, 2.05) is 30.3 Å². The third-order valence-electron chi connectivity index (χ3n) is 3.08. The summed E-state index contributed by atoms with van der Waals surface area (Å²) < 4.78 is 9.96. The second kappa shape index (κ2) is 10.3. The van der Waals surface area contributed by atoms with Gasteiger partial charge in [-0.05, 0) is 38.3 Å². The average Bonchev–Trinajstić information content (AvgIpc) is 2.53. The zero-order valence-corrected chi connectivity index (χ0v) is 13.5. The van der Waals surface area contributed by atoms with Crippen LogP contribution >= 0.6 is 0 Å². The van der Waals surface area contributed by atoms with E-state index in [1.54, 1.807) is 13.0 Å². The summed E-state index contributed by atoms with van der Waals surface area (Å²) in [6.07, 6.45) is 3.01. The first-order chi connectivity index (χ1) is 11.0. The minimum Gasteiger partial charge on any atom is -0.466 e. The van der Waals surface area contributed by atoms with Gasteiger partial charge in [-0.15, -0.1) is 0 Å². The van der Waals surface area contributed by atoms with Gasteiger partial charge < -0.3 is 9.47 Å². The van der Waals surface area contributed by atoms with E-state index in [9.17, 15) is 14.4 Å². The van der Waals surface area contributed by atoms with Crippen LogP contribution in [-0.4, -0.2) is 30.4 Å². The molecule has 0 N–H and O–H groups in total. The summed E-state index contributed by atoms with van der Waals surface area (Å²) in [6, 6.07) is 9.31. The Morgan fingerprint density at radius 3 is 2.48 bits per heavy atom. The van der Waals surface area contributed by atoms with E-state index in [4.69, 9.17) is 9.47 Å². The van der Waals surface area contributed by atoms with E-state index in [-0.39, 0.29) is 18.2 Å². The highest BCUT2D eigenvalue weighted by molar-refractivity contribution is 5.90. The molecule has 0 saturated carbocycles. The summed E-state index contributed by atoms with van der Waals surface area (Å²) in [7, 11) is 0. The third-order valence-corrected chi connectivity index (χ3v) is 3.08. The maximum atomic E-state index is 11.8. The Bertz CT molecular complexity index is 548. The highest BCUT2D eigenvalue weighted by Gasteiger charge is 2.18. The molecule has 0 bridgehead atoms. The second-order valence-corrected chi connectivity index (χ2v) is 4.98.